The van der Waals surface area contributed by atoms with E-state index in [0.29, 0.717) is 12.8 Å². The molecule has 1 fully saturated rings. The van der Waals surface area contributed by atoms with Crippen molar-refractivity contribution < 1.29 is 8.78 Å². The molecule has 0 aliphatic heterocycles. The van der Waals surface area contributed by atoms with E-state index in [2.05, 4.69) is 5.43 Å². The lowest BCUT2D eigenvalue weighted by Crippen LogP contribution is -2.37. The average molecular weight is 254 g/mol. The minimum atomic E-state index is -2.48. The third-order valence-corrected chi connectivity index (χ3v) is 3.85. The smallest absolute Gasteiger partial charge is 0.248 e. The van der Waals surface area contributed by atoms with E-state index >= 15 is 0 Å². The minimum absolute atomic E-state index is 0.0261. The van der Waals surface area contributed by atoms with E-state index in [1.54, 1.807) is 0 Å². The predicted molar refractivity (Wildman–Crippen MR) is 68.1 cm³/mol. The van der Waals surface area contributed by atoms with Gasteiger partial charge in [0.25, 0.3) is 0 Å². The zero-order chi connectivity index (χ0) is 13.2. The van der Waals surface area contributed by atoms with E-state index in [1.807, 2.05) is 31.2 Å². The highest BCUT2D eigenvalue weighted by atomic mass is 19.3. The van der Waals surface area contributed by atoms with Crippen LogP contribution in [0.4, 0.5) is 8.78 Å². The highest BCUT2D eigenvalue weighted by Crippen LogP contribution is 2.41. The predicted octanol–water partition coefficient (Wildman–Crippen LogP) is 3.32. The molecule has 1 saturated carbocycles. The van der Waals surface area contributed by atoms with Crippen molar-refractivity contribution in [2.45, 2.75) is 44.6 Å². The van der Waals surface area contributed by atoms with Crippen LogP contribution < -0.4 is 11.3 Å². The summed E-state index contributed by atoms with van der Waals surface area (Å²) in [6.07, 6.45) is 0.995. The number of alkyl halides is 2. The van der Waals surface area contributed by atoms with Crippen molar-refractivity contribution in [1.82, 2.24) is 5.43 Å². The first kappa shape index (κ1) is 13.4. The lowest BCUT2D eigenvalue weighted by atomic mass is 9.80. The molecule has 1 unspecified atom stereocenters. The van der Waals surface area contributed by atoms with Crippen LogP contribution in [-0.4, -0.2) is 5.92 Å². The fraction of sp³-hybridized carbons (Fsp3) is 0.571. The number of hydrogen-bond donors (Lipinski definition) is 2. The van der Waals surface area contributed by atoms with Gasteiger partial charge in [-0.05, 0) is 31.2 Å². The third kappa shape index (κ3) is 3.06. The van der Waals surface area contributed by atoms with Gasteiger partial charge in [-0.2, -0.15) is 0 Å². The second-order valence-electron chi connectivity index (χ2n) is 5.25. The van der Waals surface area contributed by atoms with Gasteiger partial charge < -0.3 is 0 Å². The molecule has 0 saturated heterocycles. The number of hydrogen-bond acceptors (Lipinski definition) is 2. The molecule has 0 spiro atoms. The maximum Gasteiger partial charge on any atom is 0.248 e. The maximum atomic E-state index is 13.1. The Morgan fingerprint density at radius 3 is 2.28 bits per heavy atom. The Kier molecular flexibility index (Phi) is 3.97. The minimum Gasteiger partial charge on any atom is -0.271 e. The van der Waals surface area contributed by atoms with Gasteiger partial charge in [-0.3, -0.25) is 11.3 Å². The molecule has 100 valence electrons. The normalized spacial score (nSPS) is 21.8. The van der Waals surface area contributed by atoms with Crippen LogP contribution in [0.1, 0.15) is 42.9 Å². The number of benzene rings is 1. The molecule has 0 amide bonds. The molecule has 1 atom stereocenters. The van der Waals surface area contributed by atoms with Gasteiger partial charge in [0.2, 0.25) is 5.92 Å². The molecular weight excluding hydrogens is 234 g/mol. The van der Waals surface area contributed by atoms with Crippen LogP contribution in [0.5, 0.6) is 0 Å². The number of hydrazine groups is 1. The van der Waals surface area contributed by atoms with Crippen LogP contribution in [0, 0.1) is 12.8 Å². The van der Waals surface area contributed by atoms with E-state index in [0.717, 1.165) is 5.56 Å². The van der Waals surface area contributed by atoms with Crippen LogP contribution in [0.3, 0.4) is 0 Å². The van der Waals surface area contributed by atoms with E-state index < -0.39 is 5.92 Å². The Bertz CT molecular complexity index is 379. The summed E-state index contributed by atoms with van der Waals surface area (Å²) in [4.78, 5) is 0. The molecule has 1 aliphatic rings. The largest absolute Gasteiger partial charge is 0.271 e. The fourth-order valence-electron chi connectivity index (χ4n) is 2.67. The summed E-state index contributed by atoms with van der Waals surface area (Å²) in [7, 11) is 0. The Labute approximate surface area is 107 Å². The van der Waals surface area contributed by atoms with Crippen molar-refractivity contribution >= 4 is 0 Å². The summed E-state index contributed by atoms with van der Waals surface area (Å²) in [5.41, 5.74) is 5.06. The van der Waals surface area contributed by atoms with Gasteiger partial charge in [0.1, 0.15) is 0 Å². The van der Waals surface area contributed by atoms with E-state index in [4.69, 9.17) is 5.84 Å². The van der Waals surface area contributed by atoms with Gasteiger partial charge >= 0.3 is 0 Å². The van der Waals surface area contributed by atoms with Crippen LogP contribution in [0.25, 0.3) is 0 Å². The van der Waals surface area contributed by atoms with Crippen molar-refractivity contribution in [3.05, 3.63) is 35.4 Å². The molecule has 0 bridgehead atoms. The van der Waals surface area contributed by atoms with Crippen LogP contribution in [0.2, 0.25) is 0 Å². The number of halogens is 2. The summed E-state index contributed by atoms with van der Waals surface area (Å²) in [6, 6.07) is 8.06. The highest BCUT2D eigenvalue weighted by molar-refractivity contribution is 5.24. The molecule has 0 heterocycles. The molecule has 2 rings (SSSR count). The monoisotopic (exact) mass is 254 g/mol. The van der Waals surface area contributed by atoms with Crippen LogP contribution in [0.15, 0.2) is 24.3 Å². The van der Waals surface area contributed by atoms with E-state index in [-0.39, 0.29) is 24.8 Å². The molecule has 3 N–H and O–H groups in total. The quantitative estimate of drug-likeness (QED) is 0.641. The Hall–Kier alpha value is -1.00. The number of aryl methyl sites for hydroxylation is 1. The summed E-state index contributed by atoms with van der Waals surface area (Å²) in [5, 5.41) is 0. The molecule has 1 aromatic rings. The van der Waals surface area contributed by atoms with Gasteiger partial charge in [0.05, 0.1) is 0 Å². The van der Waals surface area contributed by atoms with Crippen molar-refractivity contribution in [2.24, 2.45) is 11.8 Å². The molecule has 0 aromatic heterocycles. The summed E-state index contributed by atoms with van der Waals surface area (Å²) in [6.45, 7) is 2.02. The molecule has 1 aliphatic carbocycles. The second-order valence-corrected chi connectivity index (χ2v) is 5.25. The summed E-state index contributed by atoms with van der Waals surface area (Å²) in [5.74, 6) is 3.31. The summed E-state index contributed by atoms with van der Waals surface area (Å²) >= 11 is 0. The lowest BCUT2D eigenvalue weighted by Gasteiger charge is -2.33. The fourth-order valence-corrected chi connectivity index (χ4v) is 2.67. The zero-order valence-electron chi connectivity index (χ0n) is 10.6. The average Bonchev–Trinajstić information content (AvgIpc) is 2.34. The molecule has 2 nitrogen and oxygen atoms in total. The highest BCUT2D eigenvalue weighted by Gasteiger charge is 2.37. The molecule has 0 radical (unpaired) electrons. The van der Waals surface area contributed by atoms with Gasteiger partial charge in [-0.1, -0.05) is 29.8 Å². The standard InChI is InChI=1S/C14H20F2N2/c1-10-2-4-11(5-3-10)13(18-17)12-6-8-14(15,16)9-7-12/h2-5,12-13,18H,6-9,17H2,1H3. The van der Waals surface area contributed by atoms with Crippen LogP contribution in [-0.2, 0) is 0 Å². The molecular formula is C14H20F2N2. The third-order valence-electron chi connectivity index (χ3n) is 3.85. The van der Waals surface area contributed by atoms with Gasteiger partial charge in [-0.15, -0.1) is 0 Å². The maximum absolute atomic E-state index is 13.1. The Balaban J connectivity index is 2.08. The molecule has 4 heteroatoms. The SMILES string of the molecule is Cc1ccc(C(NN)C2CCC(F)(F)CC2)cc1. The lowest BCUT2D eigenvalue weighted by molar-refractivity contribution is -0.0497. The van der Waals surface area contributed by atoms with Gasteiger partial charge in [0, 0.05) is 18.9 Å². The Morgan fingerprint density at radius 1 is 1.22 bits per heavy atom. The Morgan fingerprint density at radius 2 is 1.78 bits per heavy atom. The van der Waals surface area contributed by atoms with Crippen molar-refractivity contribution in [1.29, 1.82) is 0 Å². The molecule has 18 heavy (non-hydrogen) atoms. The number of nitrogens with one attached hydrogen (secondary N) is 1. The number of rotatable bonds is 3. The first-order valence-corrected chi connectivity index (χ1v) is 6.42. The van der Waals surface area contributed by atoms with Crippen molar-refractivity contribution in [3.8, 4) is 0 Å². The van der Waals surface area contributed by atoms with E-state index in [1.165, 1.54) is 5.56 Å². The first-order chi connectivity index (χ1) is 8.52. The van der Waals surface area contributed by atoms with E-state index in [9.17, 15) is 8.78 Å². The second kappa shape index (κ2) is 5.33. The topological polar surface area (TPSA) is 38.0 Å². The first-order valence-electron chi connectivity index (χ1n) is 6.42. The molecule has 1 aromatic carbocycles. The van der Waals surface area contributed by atoms with Crippen molar-refractivity contribution in [2.75, 3.05) is 0 Å². The summed E-state index contributed by atoms with van der Waals surface area (Å²) < 4.78 is 26.3. The zero-order valence-corrected chi connectivity index (χ0v) is 10.6. The number of nitrogens with two attached hydrogens (primary N) is 1. The van der Waals surface area contributed by atoms with Gasteiger partial charge in [0.15, 0.2) is 0 Å². The van der Waals surface area contributed by atoms with Crippen LogP contribution >= 0.6 is 0 Å². The van der Waals surface area contributed by atoms with Gasteiger partial charge in [-0.25, -0.2) is 8.78 Å². The van der Waals surface area contributed by atoms with Crippen molar-refractivity contribution in [3.63, 3.8) is 0 Å².